The summed E-state index contributed by atoms with van der Waals surface area (Å²) in [6.45, 7) is 0. The number of oxazole rings is 1. The first-order valence-electron chi connectivity index (χ1n) is 7.15. The molecule has 0 bridgehead atoms. The van der Waals surface area contributed by atoms with Gasteiger partial charge in [0.15, 0.2) is 5.58 Å². The Balaban J connectivity index is 1.81. The number of hydrogen-bond donors (Lipinski definition) is 1. The van der Waals surface area contributed by atoms with Crippen LogP contribution in [0.5, 0.6) is 0 Å². The summed E-state index contributed by atoms with van der Waals surface area (Å²) < 4.78 is 32.7. The first kappa shape index (κ1) is 14.7. The Bertz CT molecular complexity index is 769. The second-order valence-electron chi connectivity index (χ2n) is 5.68. The zero-order valence-electron chi connectivity index (χ0n) is 12.1. The molecule has 0 radical (unpaired) electrons. The van der Waals surface area contributed by atoms with Crippen molar-refractivity contribution < 1.29 is 18.0 Å². The van der Waals surface area contributed by atoms with E-state index in [4.69, 9.17) is 4.42 Å². The molecule has 1 aliphatic rings. The number of carbonyl (C=O) groups excluding carboxylic acids is 1. The van der Waals surface area contributed by atoms with Gasteiger partial charge in [-0.2, -0.15) is 0 Å². The number of para-hydroxylation sites is 1. The van der Waals surface area contributed by atoms with Gasteiger partial charge in [-0.3, -0.25) is 9.36 Å². The molecule has 7 heteroatoms. The SMILES string of the molecule is Cn1c(=O)oc2c(C(=O)NC3CCC(F)(F)CC3)cccc21. The number of halogens is 2. The molecular formula is C15H16F2N2O3. The van der Waals surface area contributed by atoms with Crippen LogP contribution in [0.15, 0.2) is 27.4 Å². The van der Waals surface area contributed by atoms with Crippen LogP contribution in [0.1, 0.15) is 36.0 Å². The van der Waals surface area contributed by atoms with Crippen molar-refractivity contribution >= 4 is 17.0 Å². The van der Waals surface area contributed by atoms with Gasteiger partial charge in [-0.1, -0.05) is 6.07 Å². The van der Waals surface area contributed by atoms with E-state index in [2.05, 4.69) is 5.32 Å². The maximum atomic E-state index is 13.1. The molecule has 3 rings (SSSR count). The van der Waals surface area contributed by atoms with Crippen LogP contribution in [0, 0.1) is 0 Å². The van der Waals surface area contributed by atoms with Crippen LogP contribution in [0.25, 0.3) is 11.1 Å². The van der Waals surface area contributed by atoms with Gasteiger partial charge in [0.1, 0.15) is 0 Å². The fourth-order valence-corrected chi connectivity index (χ4v) is 2.78. The quantitative estimate of drug-likeness (QED) is 0.926. The van der Waals surface area contributed by atoms with Gasteiger partial charge in [0.05, 0.1) is 11.1 Å². The van der Waals surface area contributed by atoms with Gasteiger partial charge in [0.2, 0.25) is 5.92 Å². The van der Waals surface area contributed by atoms with Gasteiger partial charge in [-0.15, -0.1) is 0 Å². The zero-order chi connectivity index (χ0) is 15.9. The number of nitrogens with zero attached hydrogens (tertiary/aromatic N) is 1. The maximum Gasteiger partial charge on any atom is 0.419 e. The molecule has 1 N–H and O–H groups in total. The lowest BCUT2D eigenvalue weighted by Crippen LogP contribution is -2.40. The van der Waals surface area contributed by atoms with Crippen LogP contribution in [0.4, 0.5) is 8.78 Å². The highest BCUT2D eigenvalue weighted by atomic mass is 19.3. The molecule has 1 aromatic carbocycles. The van der Waals surface area contributed by atoms with Gasteiger partial charge >= 0.3 is 5.76 Å². The third-order valence-electron chi connectivity index (χ3n) is 4.12. The number of aryl methyl sites for hydroxylation is 1. The molecule has 1 aliphatic carbocycles. The lowest BCUT2D eigenvalue weighted by atomic mass is 9.92. The van der Waals surface area contributed by atoms with E-state index in [1.807, 2.05) is 0 Å². The van der Waals surface area contributed by atoms with Gasteiger partial charge < -0.3 is 9.73 Å². The molecule has 1 fully saturated rings. The Kier molecular flexibility index (Phi) is 3.50. The van der Waals surface area contributed by atoms with Crippen molar-refractivity contribution in [2.45, 2.75) is 37.6 Å². The van der Waals surface area contributed by atoms with Crippen LogP contribution in [0.3, 0.4) is 0 Å². The van der Waals surface area contributed by atoms with Gasteiger partial charge in [0.25, 0.3) is 5.91 Å². The van der Waals surface area contributed by atoms with Crippen LogP contribution in [-0.4, -0.2) is 22.4 Å². The van der Waals surface area contributed by atoms with E-state index in [0.717, 1.165) is 0 Å². The molecule has 1 heterocycles. The average Bonchev–Trinajstić information content (AvgIpc) is 2.76. The largest absolute Gasteiger partial charge is 0.419 e. The Morgan fingerprint density at radius 1 is 1.36 bits per heavy atom. The summed E-state index contributed by atoms with van der Waals surface area (Å²) in [4.78, 5) is 23.9. The van der Waals surface area contributed by atoms with Crippen molar-refractivity contribution in [1.29, 1.82) is 0 Å². The maximum absolute atomic E-state index is 13.1. The molecule has 1 aromatic heterocycles. The zero-order valence-corrected chi connectivity index (χ0v) is 12.1. The smallest absolute Gasteiger partial charge is 0.407 e. The van der Waals surface area contributed by atoms with Crippen molar-refractivity contribution in [3.8, 4) is 0 Å². The molecule has 0 saturated heterocycles. The van der Waals surface area contributed by atoms with Gasteiger partial charge in [-0.25, -0.2) is 13.6 Å². The topological polar surface area (TPSA) is 64.2 Å². The summed E-state index contributed by atoms with van der Waals surface area (Å²) in [5.41, 5.74) is 0.981. The van der Waals surface area contributed by atoms with E-state index in [9.17, 15) is 18.4 Å². The molecule has 0 atom stereocenters. The fraction of sp³-hybridized carbons (Fsp3) is 0.467. The standard InChI is InChI=1S/C15H16F2N2O3/c1-19-11-4-2-3-10(12(11)22-14(19)21)13(20)18-9-5-7-15(16,17)8-6-9/h2-4,9H,5-8H2,1H3,(H,18,20). The second-order valence-corrected chi connectivity index (χ2v) is 5.68. The highest BCUT2D eigenvalue weighted by Crippen LogP contribution is 2.33. The molecule has 0 aliphatic heterocycles. The first-order valence-corrected chi connectivity index (χ1v) is 7.15. The number of alkyl halides is 2. The fourth-order valence-electron chi connectivity index (χ4n) is 2.78. The average molecular weight is 310 g/mol. The third kappa shape index (κ3) is 2.63. The summed E-state index contributed by atoms with van der Waals surface area (Å²) in [5.74, 6) is -3.59. The minimum atomic E-state index is -2.63. The molecule has 22 heavy (non-hydrogen) atoms. The van der Waals surface area contributed by atoms with Crippen molar-refractivity contribution in [1.82, 2.24) is 9.88 Å². The third-order valence-corrected chi connectivity index (χ3v) is 4.12. The number of fused-ring (bicyclic) bond motifs is 1. The normalized spacial score (nSPS) is 18.5. The van der Waals surface area contributed by atoms with Crippen molar-refractivity contribution in [3.05, 3.63) is 34.3 Å². The minimum absolute atomic E-state index is 0.216. The lowest BCUT2D eigenvalue weighted by molar-refractivity contribution is -0.0399. The van der Waals surface area contributed by atoms with Crippen molar-refractivity contribution in [3.63, 3.8) is 0 Å². The predicted molar refractivity (Wildman–Crippen MR) is 76.1 cm³/mol. The van der Waals surface area contributed by atoms with E-state index < -0.39 is 17.6 Å². The monoisotopic (exact) mass is 310 g/mol. The predicted octanol–water partition coefficient (Wildman–Crippen LogP) is 2.44. The number of rotatable bonds is 2. The van der Waals surface area contributed by atoms with E-state index in [1.165, 1.54) is 4.57 Å². The second kappa shape index (κ2) is 5.23. The van der Waals surface area contributed by atoms with E-state index in [1.54, 1.807) is 25.2 Å². The minimum Gasteiger partial charge on any atom is -0.407 e. The van der Waals surface area contributed by atoms with Crippen LogP contribution in [0.2, 0.25) is 0 Å². The number of amides is 1. The lowest BCUT2D eigenvalue weighted by Gasteiger charge is -2.28. The summed E-state index contributed by atoms with van der Waals surface area (Å²) in [5, 5.41) is 2.75. The Morgan fingerprint density at radius 3 is 2.73 bits per heavy atom. The summed E-state index contributed by atoms with van der Waals surface area (Å²) in [7, 11) is 1.55. The number of nitrogens with one attached hydrogen (secondary N) is 1. The molecule has 0 unspecified atom stereocenters. The van der Waals surface area contributed by atoms with Crippen LogP contribution in [-0.2, 0) is 7.05 Å². The Hall–Kier alpha value is -2.18. The summed E-state index contributed by atoms with van der Waals surface area (Å²) in [6.07, 6.45) is 0.0477. The van der Waals surface area contributed by atoms with Gasteiger partial charge in [-0.05, 0) is 25.0 Å². The molecule has 5 nitrogen and oxygen atoms in total. The Labute approximate surface area is 124 Å². The summed E-state index contributed by atoms with van der Waals surface area (Å²) >= 11 is 0. The number of hydrogen-bond acceptors (Lipinski definition) is 3. The molecule has 2 aromatic rings. The van der Waals surface area contributed by atoms with Crippen molar-refractivity contribution in [2.75, 3.05) is 0 Å². The van der Waals surface area contributed by atoms with Gasteiger partial charge in [0, 0.05) is 25.9 Å². The number of carbonyl (C=O) groups is 1. The van der Waals surface area contributed by atoms with E-state index in [-0.39, 0.29) is 42.9 Å². The number of aromatic nitrogens is 1. The van der Waals surface area contributed by atoms with E-state index in [0.29, 0.717) is 5.52 Å². The number of benzene rings is 1. The highest BCUT2D eigenvalue weighted by molar-refractivity contribution is 6.04. The molecule has 1 amide bonds. The Morgan fingerprint density at radius 2 is 2.05 bits per heavy atom. The van der Waals surface area contributed by atoms with Crippen molar-refractivity contribution in [2.24, 2.45) is 7.05 Å². The van der Waals surface area contributed by atoms with Crippen LogP contribution < -0.4 is 11.1 Å². The first-order chi connectivity index (χ1) is 10.4. The molecule has 0 spiro atoms. The molecular weight excluding hydrogens is 294 g/mol. The molecule has 118 valence electrons. The highest BCUT2D eigenvalue weighted by Gasteiger charge is 2.35. The van der Waals surface area contributed by atoms with E-state index >= 15 is 0 Å². The molecule has 1 saturated carbocycles. The summed E-state index contributed by atoms with van der Waals surface area (Å²) in [6, 6.07) is 4.61. The van der Waals surface area contributed by atoms with Crippen LogP contribution >= 0.6 is 0 Å².